The van der Waals surface area contributed by atoms with Gasteiger partial charge < -0.3 is 10.2 Å². The van der Waals surface area contributed by atoms with Gasteiger partial charge in [0.25, 0.3) is 0 Å². The number of hydrogen-bond acceptors (Lipinski definition) is 4. The van der Waals surface area contributed by atoms with E-state index < -0.39 is 0 Å². The van der Waals surface area contributed by atoms with Crippen LogP contribution in [-0.4, -0.2) is 49.3 Å². The SMILES string of the molecule is O=C1CSc2ccc(CCN3CCN(c4ccc(F)cc4)CC3)cc2N1. The molecule has 4 nitrogen and oxygen atoms in total. The van der Waals surface area contributed by atoms with Crippen LogP contribution in [0.4, 0.5) is 15.8 Å². The van der Waals surface area contributed by atoms with Crippen LogP contribution in [0.25, 0.3) is 0 Å². The van der Waals surface area contributed by atoms with Gasteiger partial charge in [-0.05, 0) is 48.4 Å². The monoisotopic (exact) mass is 371 g/mol. The van der Waals surface area contributed by atoms with Gasteiger partial charge in [0, 0.05) is 43.3 Å². The van der Waals surface area contributed by atoms with Gasteiger partial charge in [-0.1, -0.05) is 6.07 Å². The molecule has 0 spiro atoms. The van der Waals surface area contributed by atoms with Crippen molar-refractivity contribution in [3.63, 3.8) is 0 Å². The topological polar surface area (TPSA) is 35.6 Å². The van der Waals surface area contributed by atoms with Crippen LogP contribution >= 0.6 is 11.8 Å². The first-order valence-corrected chi connectivity index (χ1v) is 9.94. The van der Waals surface area contributed by atoms with E-state index in [0.29, 0.717) is 5.75 Å². The molecule has 0 aliphatic carbocycles. The number of amides is 1. The van der Waals surface area contributed by atoms with Crippen molar-refractivity contribution in [3.8, 4) is 0 Å². The van der Waals surface area contributed by atoms with Crippen molar-refractivity contribution in [1.29, 1.82) is 0 Å². The number of anilines is 2. The maximum absolute atomic E-state index is 13.1. The number of halogens is 1. The van der Waals surface area contributed by atoms with E-state index in [0.717, 1.165) is 55.4 Å². The highest BCUT2D eigenvalue weighted by Crippen LogP contribution is 2.32. The van der Waals surface area contributed by atoms with Gasteiger partial charge in [0.2, 0.25) is 5.91 Å². The van der Waals surface area contributed by atoms with Gasteiger partial charge in [0.15, 0.2) is 0 Å². The van der Waals surface area contributed by atoms with Gasteiger partial charge in [-0.25, -0.2) is 4.39 Å². The average Bonchev–Trinajstić information content (AvgIpc) is 2.67. The lowest BCUT2D eigenvalue weighted by Crippen LogP contribution is -2.47. The second-order valence-corrected chi connectivity index (χ2v) is 7.74. The molecule has 1 fully saturated rings. The molecule has 0 saturated carbocycles. The number of thioether (sulfide) groups is 1. The number of nitrogens with zero attached hydrogens (tertiary/aromatic N) is 2. The molecule has 4 rings (SSSR count). The minimum absolute atomic E-state index is 0.0802. The Balaban J connectivity index is 1.29. The zero-order chi connectivity index (χ0) is 17.9. The maximum Gasteiger partial charge on any atom is 0.234 e. The minimum atomic E-state index is -0.188. The van der Waals surface area contributed by atoms with Crippen LogP contribution in [0.15, 0.2) is 47.4 Å². The minimum Gasteiger partial charge on any atom is -0.369 e. The van der Waals surface area contributed by atoms with E-state index in [1.54, 1.807) is 11.8 Å². The van der Waals surface area contributed by atoms with Gasteiger partial charge in [0.05, 0.1) is 11.4 Å². The van der Waals surface area contributed by atoms with Crippen molar-refractivity contribution < 1.29 is 9.18 Å². The predicted molar refractivity (Wildman–Crippen MR) is 105 cm³/mol. The molecule has 0 bridgehead atoms. The van der Waals surface area contributed by atoms with E-state index in [4.69, 9.17) is 0 Å². The van der Waals surface area contributed by atoms with E-state index in [1.807, 2.05) is 12.1 Å². The molecule has 136 valence electrons. The second-order valence-electron chi connectivity index (χ2n) is 6.72. The third kappa shape index (κ3) is 4.02. The summed E-state index contributed by atoms with van der Waals surface area (Å²) < 4.78 is 13.1. The number of rotatable bonds is 4. The van der Waals surface area contributed by atoms with Gasteiger partial charge in [0.1, 0.15) is 5.82 Å². The highest BCUT2D eigenvalue weighted by Gasteiger charge is 2.18. The maximum atomic E-state index is 13.1. The largest absolute Gasteiger partial charge is 0.369 e. The van der Waals surface area contributed by atoms with Gasteiger partial charge in [-0.2, -0.15) is 0 Å². The molecule has 6 heteroatoms. The first-order valence-electron chi connectivity index (χ1n) is 8.96. The van der Waals surface area contributed by atoms with Gasteiger partial charge in [-0.3, -0.25) is 9.69 Å². The number of fused-ring (bicyclic) bond motifs is 1. The Morgan fingerprint density at radius 1 is 1.04 bits per heavy atom. The molecule has 2 aromatic rings. The summed E-state index contributed by atoms with van der Waals surface area (Å²) in [6.07, 6.45) is 0.977. The summed E-state index contributed by atoms with van der Waals surface area (Å²) in [7, 11) is 0. The average molecular weight is 371 g/mol. The fourth-order valence-electron chi connectivity index (χ4n) is 3.45. The van der Waals surface area contributed by atoms with Crippen molar-refractivity contribution in [2.75, 3.05) is 48.7 Å². The number of hydrogen-bond donors (Lipinski definition) is 1. The van der Waals surface area contributed by atoms with Gasteiger partial charge >= 0.3 is 0 Å². The summed E-state index contributed by atoms with van der Waals surface area (Å²) in [5.74, 6) is 0.397. The molecule has 0 unspecified atom stereocenters. The highest BCUT2D eigenvalue weighted by molar-refractivity contribution is 8.00. The molecule has 0 atom stereocenters. The Hall–Kier alpha value is -2.05. The van der Waals surface area contributed by atoms with Crippen LogP contribution in [0.5, 0.6) is 0 Å². The first-order chi connectivity index (χ1) is 12.7. The Morgan fingerprint density at radius 3 is 2.58 bits per heavy atom. The summed E-state index contributed by atoms with van der Waals surface area (Å²) in [5.41, 5.74) is 3.30. The molecule has 2 heterocycles. The summed E-state index contributed by atoms with van der Waals surface area (Å²) in [6, 6.07) is 13.1. The molecule has 1 amide bonds. The van der Waals surface area contributed by atoms with E-state index in [9.17, 15) is 9.18 Å². The van der Waals surface area contributed by atoms with Crippen molar-refractivity contribution in [2.45, 2.75) is 11.3 Å². The van der Waals surface area contributed by atoms with E-state index in [2.05, 4.69) is 33.3 Å². The van der Waals surface area contributed by atoms with Gasteiger partial charge in [-0.15, -0.1) is 11.8 Å². The fourth-order valence-corrected chi connectivity index (χ4v) is 4.24. The van der Waals surface area contributed by atoms with Crippen molar-refractivity contribution in [2.24, 2.45) is 0 Å². The van der Waals surface area contributed by atoms with Crippen LogP contribution in [0, 0.1) is 5.82 Å². The Labute approximate surface area is 157 Å². The lowest BCUT2D eigenvalue weighted by Gasteiger charge is -2.36. The molecule has 2 aliphatic rings. The van der Waals surface area contributed by atoms with Crippen molar-refractivity contribution in [1.82, 2.24) is 4.90 Å². The second kappa shape index (κ2) is 7.68. The molecule has 1 saturated heterocycles. The summed E-state index contributed by atoms with van der Waals surface area (Å²) in [6.45, 7) is 4.95. The Kier molecular flexibility index (Phi) is 5.13. The first kappa shape index (κ1) is 17.4. The van der Waals surface area contributed by atoms with Crippen LogP contribution < -0.4 is 10.2 Å². The Morgan fingerprint density at radius 2 is 1.81 bits per heavy atom. The van der Waals surface area contributed by atoms with Crippen LogP contribution in [-0.2, 0) is 11.2 Å². The normalized spacial score (nSPS) is 17.7. The zero-order valence-electron chi connectivity index (χ0n) is 14.6. The smallest absolute Gasteiger partial charge is 0.234 e. The molecule has 0 radical (unpaired) electrons. The molecule has 2 aliphatic heterocycles. The lowest BCUT2D eigenvalue weighted by atomic mass is 10.1. The lowest BCUT2D eigenvalue weighted by molar-refractivity contribution is -0.113. The van der Waals surface area contributed by atoms with Crippen LogP contribution in [0.2, 0.25) is 0 Å². The Bertz CT molecular complexity index is 788. The van der Waals surface area contributed by atoms with E-state index in [1.165, 1.54) is 17.7 Å². The fraction of sp³-hybridized carbons (Fsp3) is 0.350. The number of piperazine rings is 1. The molecular formula is C20H22FN3OS. The highest BCUT2D eigenvalue weighted by atomic mass is 32.2. The van der Waals surface area contributed by atoms with E-state index in [-0.39, 0.29) is 11.7 Å². The molecule has 2 aromatic carbocycles. The molecule has 26 heavy (non-hydrogen) atoms. The van der Waals surface area contributed by atoms with Crippen molar-refractivity contribution in [3.05, 3.63) is 53.8 Å². The van der Waals surface area contributed by atoms with Crippen LogP contribution in [0.1, 0.15) is 5.56 Å². The standard InChI is InChI=1S/C20H22FN3OS/c21-16-2-4-17(5-3-16)24-11-9-23(10-12-24)8-7-15-1-6-19-18(13-15)22-20(25)14-26-19/h1-6,13H,7-12,14H2,(H,22,25). The number of carbonyl (C=O) groups excluding carboxylic acids is 1. The summed E-state index contributed by atoms with van der Waals surface area (Å²) >= 11 is 1.60. The zero-order valence-corrected chi connectivity index (χ0v) is 15.4. The van der Waals surface area contributed by atoms with Crippen molar-refractivity contribution >= 4 is 29.0 Å². The molecule has 0 aromatic heterocycles. The number of nitrogens with one attached hydrogen (secondary N) is 1. The third-order valence-corrected chi connectivity index (χ3v) is 6.03. The summed E-state index contributed by atoms with van der Waals surface area (Å²) in [4.78, 5) is 17.5. The van der Waals surface area contributed by atoms with Crippen LogP contribution in [0.3, 0.4) is 0 Å². The predicted octanol–water partition coefficient (Wildman–Crippen LogP) is 3.23. The molecule has 1 N–H and O–H groups in total. The quantitative estimate of drug-likeness (QED) is 0.895. The van der Waals surface area contributed by atoms with E-state index >= 15 is 0 Å². The summed E-state index contributed by atoms with van der Waals surface area (Å²) in [5, 5.41) is 2.96. The number of carbonyl (C=O) groups is 1. The third-order valence-electron chi connectivity index (χ3n) is 4.96. The number of benzene rings is 2. The molecular weight excluding hydrogens is 349 g/mol.